The lowest BCUT2D eigenvalue weighted by Gasteiger charge is -2.00. The number of imidazole rings is 1. The average molecular weight is 204 g/mol. The molecule has 1 rings (SSSR count). The van der Waals surface area contributed by atoms with Crippen molar-refractivity contribution < 1.29 is 0 Å². The van der Waals surface area contributed by atoms with Gasteiger partial charge in [0.05, 0.1) is 0 Å². The van der Waals surface area contributed by atoms with Crippen LogP contribution in [0, 0.1) is 0 Å². The van der Waals surface area contributed by atoms with Crippen LogP contribution in [-0.4, -0.2) is 23.1 Å². The molecule has 1 N–H and O–H groups in total. The molecule has 0 aliphatic carbocycles. The Bertz CT molecular complexity index is 222. The number of hydrogen-bond acceptors (Lipinski definition) is 2. The molecular formula is C9H18ClN3. The lowest BCUT2D eigenvalue weighted by Crippen LogP contribution is -2.08. The number of unbranched alkanes of at least 4 members (excludes halogenated alkanes) is 1. The monoisotopic (exact) mass is 203 g/mol. The molecular weight excluding hydrogens is 186 g/mol. The summed E-state index contributed by atoms with van der Waals surface area (Å²) in [4.78, 5) is 4.26. The van der Waals surface area contributed by atoms with Crippen molar-refractivity contribution in [2.75, 3.05) is 13.6 Å². The van der Waals surface area contributed by atoms with Gasteiger partial charge in [0.2, 0.25) is 0 Å². The highest BCUT2D eigenvalue weighted by Crippen LogP contribution is 2.00. The Morgan fingerprint density at radius 2 is 2.23 bits per heavy atom. The Morgan fingerprint density at radius 1 is 1.46 bits per heavy atom. The lowest BCUT2D eigenvalue weighted by atomic mass is 10.2. The predicted molar refractivity (Wildman–Crippen MR) is 57.3 cm³/mol. The normalized spacial score (nSPS) is 9.69. The summed E-state index contributed by atoms with van der Waals surface area (Å²) < 4.78 is 2.08. The highest BCUT2D eigenvalue weighted by molar-refractivity contribution is 5.85. The van der Waals surface area contributed by atoms with Gasteiger partial charge in [-0.25, -0.2) is 4.98 Å². The lowest BCUT2D eigenvalue weighted by molar-refractivity contribution is 0.648. The van der Waals surface area contributed by atoms with E-state index in [4.69, 9.17) is 0 Å². The Kier molecular flexibility index (Phi) is 6.63. The number of hydrogen-bond donors (Lipinski definition) is 1. The minimum Gasteiger partial charge on any atom is -0.338 e. The molecule has 0 fully saturated rings. The van der Waals surface area contributed by atoms with E-state index in [-0.39, 0.29) is 12.4 Å². The second-order valence-corrected chi connectivity index (χ2v) is 3.02. The summed E-state index contributed by atoms with van der Waals surface area (Å²) in [5, 5.41) is 3.14. The molecule has 1 aromatic heterocycles. The second kappa shape index (κ2) is 6.92. The molecule has 0 spiro atoms. The molecule has 1 heterocycles. The standard InChI is InChI=1S/C9H17N3.ClH/c1-10-6-4-3-5-9-11-7-8-12(9)2;/h7-8,10H,3-6H2,1-2H3;1H. The van der Waals surface area contributed by atoms with Crippen LogP contribution in [-0.2, 0) is 13.5 Å². The zero-order chi connectivity index (χ0) is 8.81. The fourth-order valence-corrected chi connectivity index (χ4v) is 1.22. The first-order chi connectivity index (χ1) is 5.84. The Hall–Kier alpha value is -0.540. The van der Waals surface area contributed by atoms with Gasteiger partial charge in [-0.1, -0.05) is 0 Å². The molecule has 4 heteroatoms. The minimum atomic E-state index is 0. The predicted octanol–water partition coefficient (Wildman–Crippen LogP) is 1.38. The summed E-state index contributed by atoms with van der Waals surface area (Å²) in [7, 11) is 4.03. The summed E-state index contributed by atoms with van der Waals surface area (Å²) in [6.45, 7) is 1.10. The van der Waals surface area contributed by atoms with Crippen LogP contribution >= 0.6 is 12.4 Å². The fourth-order valence-electron chi connectivity index (χ4n) is 1.22. The first-order valence-corrected chi connectivity index (χ1v) is 4.45. The number of halogens is 1. The van der Waals surface area contributed by atoms with Gasteiger partial charge >= 0.3 is 0 Å². The second-order valence-electron chi connectivity index (χ2n) is 3.02. The molecule has 0 aliphatic heterocycles. The van der Waals surface area contributed by atoms with Gasteiger partial charge < -0.3 is 9.88 Å². The maximum Gasteiger partial charge on any atom is 0.108 e. The van der Waals surface area contributed by atoms with E-state index < -0.39 is 0 Å². The molecule has 76 valence electrons. The molecule has 3 nitrogen and oxygen atoms in total. The molecule has 0 bridgehead atoms. The van der Waals surface area contributed by atoms with Crippen LogP contribution in [0.15, 0.2) is 12.4 Å². The molecule has 0 saturated carbocycles. The van der Waals surface area contributed by atoms with E-state index in [1.165, 1.54) is 18.7 Å². The van der Waals surface area contributed by atoms with E-state index >= 15 is 0 Å². The van der Waals surface area contributed by atoms with Crippen LogP contribution in [0.3, 0.4) is 0 Å². The van der Waals surface area contributed by atoms with Gasteiger partial charge in [0, 0.05) is 25.9 Å². The van der Waals surface area contributed by atoms with Gasteiger partial charge in [0.15, 0.2) is 0 Å². The summed E-state index contributed by atoms with van der Waals surface area (Å²) in [5.41, 5.74) is 0. The van der Waals surface area contributed by atoms with E-state index in [2.05, 4.69) is 14.9 Å². The molecule has 0 amide bonds. The zero-order valence-corrected chi connectivity index (χ0v) is 9.10. The zero-order valence-electron chi connectivity index (χ0n) is 8.29. The third-order valence-corrected chi connectivity index (χ3v) is 2.00. The molecule has 13 heavy (non-hydrogen) atoms. The molecule has 0 radical (unpaired) electrons. The van der Waals surface area contributed by atoms with Gasteiger partial charge in [-0.15, -0.1) is 12.4 Å². The molecule has 0 saturated heterocycles. The van der Waals surface area contributed by atoms with Gasteiger partial charge in [0.25, 0.3) is 0 Å². The van der Waals surface area contributed by atoms with Crippen LogP contribution in [0.1, 0.15) is 18.7 Å². The highest BCUT2D eigenvalue weighted by atomic mass is 35.5. The summed E-state index contributed by atoms with van der Waals surface area (Å²) in [6.07, 6.45) is 7.38. The van der Waals surface area contributed by atoms with Crippen molar-refractivity contribution in [2.45, 2.75) is 19.3 Å². The van der Waals surface area contributed by atoms with Crippen LogP contribution < -0.4 is 5.32 Å². The SMILES string of the molecule is CNCCCCc1nccn1C.Cl. The van der Waals surface area contributed by atoms with Crippen molar-refractivity contribution in [1.29, 1.82) is 0 Å². The van der Waals surface area contributed by atoms with Crippen molar-refractivity contribution in [3.63, 3.8) is 0 Å². The Morgan fingerprint density at radius 3 is 2.77 bits per heavy atom. The summed E-state index contributed by atoms with van der Waals surface area (Å²) in [5.74, 6) is 1.19. The van der Waals surface area contributed by atoms with Crippen molar-refractivity contribution >= 4 is 12.4 Å². The van der Waals surface area contributed by atoms with E-state index in [1.807, 2.05) is 26.5 Å². The van der Waals surface area contributed by atoms with Crippen molar-refractivity contribution in [2.24, 2.45) is 7.05 Å². The number of nitrogens with one attached hydrogen (secondary N) is 1. The molecule has 0 unspecified atom stereocenters. The maximum absolute atomic E-state index is 4.26. The van der Waals surface area contributed by atoms with Crippen LogP contribution in [0.2, 0.25) is 0 Å². The first-order valence-electron chi connectivity index (χ1n) is 4.45. The van der Waals surface area contributed by atoms with Crippen molar-refractivity contribution in [3.05, 3.63) is 18.2 Å². The topological polar surface area (TPSA) is 29.9 Å². The van der Waals surface area contributed by atoms with E-state index in [0.717, 1.165) is 13.0 Å². The van der Waals surface area contributed by atoms with Crippen LogP contribution in [0.5, 0.6) is 0 Å². The largest absolute Gasteiger partial charge is 0.338 e. The highest BCUT2D eigenvalue weighted by Gasteiger charge is 1.97. The Balaban J connectivity index is 0.00000144. The fraction of sp³-hybridized carbons (Fsp3) is 0.667. The number of aryl methyl sites for hydroxylation is 2. The maximum atomic E-state index is 4.26. The Labute approximate surface area is 86.0 Å². The van der Waals surface area contributed by atoms with Crippen LogP contribution in [0.25, 0.3) is 0 Å². The van der Waals surface area contributed by atoms with Crippen molar-refractivity contribution in [1.82, 2.24) is 14.9 Å². The van der Waals surface area contributed by atoms with E-state index in [9.17, 15) is 0 Å². The van der Waals surface area contributed by atoms with Gasteiger partial charge in [-0.2, -0.15) is 0 Å². The van der Waals surface area contributed by atoms with Crippen molar-refractivity contribution in [3.8, 4) is 0 Å². The third-order valence-electron chi connectivity index (χ3n) is 2.00. The van der Waals surface area contributed by atoms with E-state index in [0.29, 0.717) is 0 Å². The van der Waals surface area contributed by atoms with Gasteiger partial charge in [-0.3, -0.25) is 0 Å². The minimum absolute atomic E-state index is 0. The molecule has 0 atom stereocenters. The molecule has 0 aromatic carbocycles. The molecule has 0 aliphatic rings. The molecule has 1 aromatic rings. The average Bonchev–Trinajstić information content (AvgIpc) is 2.46. The van der Waals surface area contributed by atoms with Gasteiger partial charge in [0.1, 0.15) is 5.82 Å². The van der Waals surface area contributed by atoms with Gasteiger partial charge in [-0.05, 0) is 26.4 Å². The smallest absolute Gasteiger partial charge is 0.108 e. The summed E-state index contributed by atoms with van der Waals surface area (Å²) >= 11 is 0. The third kappa shape index (κ3) is 4.29. The van der Waals surface area contributed by atoms with Crippen LogP contribution in [0.4, 0.5) is 0 Å². The number of rotatable bonds is 5. The number of nitrogens with zero attached hydrogens (tertiary/aromatic N) is 2. The first kappa shape index (κ1) is 12.5. The quantitative estimate of drug-likeness (QED) is 0.733. The summed E-state index contributed by atoms with van der Waals surface area (Å²) in [6, 6.07) is 0. The number of aromatic nitrogens is 2. The van der Waals surface area contributed by atoms with E-state index in [1.54, 1.807) is 0 Å².